The number of fused-ring (bicyclic) bond motifs is 1. The Kier molecular flexibility index (Phi) is 4.83. The van der Waals surface area contributed by atoms with Crippen molar-refractivity contribution in [3.8, 4) is 11.3 Å². The Balaban J connectivity index is 1.72. The average molecular weight is 416 g/mol. The number of hydrogen-bond donors (Lipinski definition) is 1. The highest BCUT2D eigenvalue weighted by Crippen LogP contribution is 2.31. The van der Waals surface area contributed by atoms with Crippen molar-refractivity contribution in [1.82, 2.24) is 20.1 Å². The Labute approximate surface area is 167 Å². The minimum atomic E-state index is -4.41. The van der Waals surface area contributed by atoms with Crippen LogP contribution in [0.5, 0.6) is 0 Å². The topological polar surface area (TPSA) is 59.8 Å². The highest BCUT2D eigenvalue weighted by Gasteiger charge is 2.30. The summed E-state index contributed by atoms with van der Waals surface area (Å²) in [7, 11) is 1.69. The fourth-order valence-electron chi connectivity index (χ4n) is 2.96. The Bertz CT molecular complexity index is 1170. The molecule has 3 heterocycles. The minimum absolute atomic E-state index is 0.299. The number of aryl methyl sites for hydroxylation is 1. The van der Waals surface area contributed by atoms with Gasteiger partial charge in [-0.1, -0.05) is 18.2 Å². The zero-order valence-electron chi connectivity index (χ0n) is 15.2. The van der Waals surface area contributed by atoms with E-state index in [1.165, 1.54) is 28.2 Å². The highest BCUT2D eigenvalue weighted by molar-refractivity contribution is 7.09. The van der Waals surface area contributed by atoms with E-state index in [0.29, 0.717) is 34.4 Å². The molecule has 0 atom stereocenters. The van der Waals surface area contributed by atoms with Gasteiger partial charge in [0.25, 0.3) is 5.91 Å². The molecule has 0 spiro atoms. The zero-order chi connectivity index (χ0) is 20.6. The van der Waals surface area contributed by atoms with Crippen LogP contribution in [-0.2, 0) is 19.8 Å². The van der Waals surface area contributed by atoms with Crippen molar-refractivity contribution in [3.63, 3.8) is 0 Å². The number of alkyl halides is 3. The van der Waals surface area contributed by atoms with Gasteiger partial charge in [0.1, 0.15) is 0 Å². The molecule has 4 rings (SSSR count). The number of carbonyl (C=O) groups excluding carboxylic acids is 1. The van der Waals surface area contributed by atoms with E-state index in [1.54, 1.807) is 19.3 Å². The number of aromatic nitrogens is 3. The van der Waals surface area contributed by atoms with E-state index >= 15 is 0 Å². The standard InChI is InChI=1S/C20H15F3N4OS/c1-27-18-16(11-25-27)15(19(28)24-10-14-3-2-8-29-14)9-17(26-18)12-4-6-13(7-5-12)20(21,22)23/h2-9,11H,10H2,1H3,(H,24,28). The summed E-state index contributed by atoms with van der Waals surface area (Å²) in [5, 5.41) is 9.53. The van der Waals surface area contributed by atoms with Crippen molar-refractivity contribution in [2.75, 3.05) is 0 Å². The fourth-order valence-corrected chi connectivity index (χ4v) is 3.60. The molecular weight excluding hydrogens is 401 g/mol. The number of hydrogen-bond acceptors (Lipinski definition) is 4. The lowest BCUT2D eigenvalue weighted by atomic mass is 10.0. The first-order valence-corrected chi connectivity index (χ1v) is 9.52. The molecule has 0 saturated heterocycles. The SMILES string of the molecule is Cn1ncc2c(C(=O)NCc3cccs3)cc(-c3ccc(C(F)(F)F)cc3)nc21. The number of nitrogens with zero attached hydrogens (tertiary/aromatic N) is 3. The molecule has 3 aromatic heterocycles. The van der Waals surface area contributed by atoms with Crippen molar-refractivity contribution >= 4 is 28.3 Å². The summed E-state index contributed by atoms with van der Waals surface area (Å²) in [4.78, 5) is 18.3. The van der Waals surface area contributed by atoms with E-state index < -0.39 is 11.7 Å². The maximum Gasteiger partial charge on any atom is 0.416 e. The monoisotopic (exact) mass is 416 g/mol. The summed E-state index contributed by atoms with van der Waals surface area (Å²) in [6.07, 6.45) is -2.86. The van der Waals surface area contributed by atoms with Crippen LogP contribution in [0.3, 0.4) is 0 Å². The largest absolute Gasteiger partial charge is 0.416 e. The lowest BCUT2D eigenvalue weighted by Gasteiger charge is -2.10. The molecule has 0 aliphatic rings. The number of carbonyl (C=O) groups is 1. The van der Waals surface area contributed by atoms with E-state index in [4.69, 9.17) is 0 Å². The molecule has 0 aliphatic heterocycles. The predicted molar refractivity (Wildman–Crippen MR) is 104 cm³/mol. The van der Waals surface area contributed by atoms with E-state index in [2.05, 4.69) is 15.4 Å². The first kappa shape index (κ1) is 19.1. The van der Waals surface area contributed by atoms with Gasteiger partial charge in [0, 0.05) is 17.5 Å². The van der Waals surface area contributed by atoms with Crippen molar-refractivity contribution in [2.24, 2.45) is 7.05 Å². The van der Waals surface area contributed by atoms with Gasteiger partial charge < -0.3 is 5.32 Å². The minimum Gasteiger partial charge on any atom is -0.347 e. The molecule has 0 aliphatic carbocycles. The summed E-state index contributed by atoms with van der Waals surface area (Å²) in [5.41, 5.74) is 0.986. The van der Waals surface area contributed by atoms with Crippen LogP contribution in [0.1, 0.15) is 20.8 Å². The molecule has 1 amide bonds. The first-order chi connectivity index (χ1) is 13.8. The predicted octanol–water partition coefficient (Wildman–Crippen LogP) is 4.65. The maximum atomic E-state index is 12.8. The molecule has 0 saturated carbocycles. The molecule has 9 heteroatoms. The number of pyridine rings is 1. The Morgan fingerprint density at radius 2 is 1.97 bits per heavy atom. The van der Waals surface area contributed by atoms with Gasteiger partial charge in [-0.15, -0.1) is 11.3 Å². The third-order valence-electron chi connectivity index (χ3n) is 4.46. The number of halogens is 3. The lowest BCUT2D eigenvalue weighted by Crippen LogP contribution is -2.22. The lowest BCUT2D eigenvalue weighted by molar-refractivity contribution is -0.137. The van der Waals surface area contributed by atoms with Gasteiger partial charge in [-0.3, -0.25) is 9.48 Å². The van der Waals surface area contributed by atoms with Crippen molar-refractivity contribution in [2.45, 2.75) is 12.7 Å². The summed E-state index contributed by atoms with van der Waals surface area (Å²) in [6.45, 7) is 0.385. The second kappa shape index (κ2) is 7.32. The van der Waals surface area contributed by atoms with E-state index in [1.807, 2.05) is 17.5 Å². The van der Waals surface area contributed by atoms with Crippen LogP contribution in [-0.4, -0.2) is 20.7 Å². The summed E-state index contributed by atoms with van der Waals surface area (Å²) in [5.74, 6) is -0.299. The molecule has 29 heavy (non-hydrogen) atoms. The van der Waals surface area contributed by atoms with Crippen molar-refractivity contribution < 1.29 is 18.0 Å². The Hall–Kier alpha value is -3.20. The zero-order valence-corrected chi connectivity index (χ0v) is 16.0. The molecule has 0 fully saturated rings. The molecule has 0 radical (unpaired) electrons. The molecule has 1 N–H and O–H groups in total. The van der Waals surface area contributed by atoms with Gasteiger partial charge in [-0.25, -0.2) is 4.98 Å². The van der Waals surface area contributed by atoms with E-state index in [-0.39, 0.29) is 5.91 Å². The number of nitrogens with one attached hydrogen (secondary N) is 1. The number of benzene rings is 1. The van der Waals surface area contributed by atoms with Crippen molar-refractivity contribution in [3.05, 3.63) is 70.0 Å². The Morgan fingerprint density at radius 1 is 1.21 bits per heavy atom. The van der Waals surface area contributed by atoms with Crippen LogP contribution in [0.25, 0.3) is 22.3 Å². The highest BCUT2D eigenvalue weighted by atomic mass is 32.1. The number of thiophene rings is 1. The van der Waals surface area contributed by atoms with Gasteiger partial charge in [0.2, 0.25) is 0 Å². The molecule has 1 aromatic carbocycles. The Morgan fingerprint density at radius 3 is 2.62 bits per heavy atom. The fraction of sp³-hybridized carbons (Fsp3) is 0.150. The van der Waals surface area contributed by atoms with Crippen molar-refractivity contribution in [1.29, 1.82) is 0 Å². The van der Waals surface area contributed by atoms with Gasteiger partial charge >= 0.3 is 6.18 Å². The smallest absolute Gasteiger partial charge is 0.347 e. The molecule has 5 nitrogen and oxygen atoms in total. The number of rotatable bonds is 4. The van der Waals surface area contributed by atoms with Crippen LogP contribution in [0, 0.1) is 0 Å². The van der Waals surface area contributed by atoms with Gasteiger partial charge in [0.15, 0.2) is 5.65 Å². The summed E-state index contributed by atoms with van der Waals surface area (Å²) < 4.78 is 40.0. The molecule has 148 valence electrons. The quantitative estimate of drug-likeness (QED) is 0.527. The molecule has 0 unspecified atom stereocenters. The van der Waals surface area contributed by atoms with Gasteiger partial charge in [-0.05, 0) is 29.6 Å². The normalized spacial score (nSPS) is 11.7. The van der Waals surface area contributed by atoms with Crippen LogP contribution in [0.4, 0.5) is 13.2 Å². The third kappa shape index (κ3) is 3.86. The van der Waals surface area contributed by atoms with Crippen LogP contribution in [0.15, 0.2) is 54.0 Å². The molecule has 0 bridgehead atoms. The average Bonchev–Trinajstić information content (AvgIpc) is 3.35. The third-order valence-corrected chi connectivity index (χ3v) is 5.34. The van der Waals surface area contributed by atoms with Crippen LogP contribution in [0.2, 0.25) is 0 Å². The van der Waals surface area contributed by atoms with E-state index in [0.717, 1.165) is 17.0 Å². The number of amides is 1. The summed E-state index contributed by atoms with van der Waals surface area (Å²) >= 11 is 1.54. The second-order valence-corrected chi connectivity index (χ2v) is 7.43. The molecular formula is C20H15F3N4OS. The second-order valence-electron chi connectivity index (χ2n) is 6.40. The van der Waals surface area contributed by atoms with Gasteiger partial charge in [-0.2, -0.15) is 18.3 Å². The summed E-state index contributed by atoms with van der Waals surface area (Å²) in [6, 6.07) is 10.1. The van der Waals surface area contributed by atoms with Gasteiger partial charge in [0.05, 0.1) is 34.9 Å². The maximum absolute atomic E-state index is 12.8. The first-order valence-electron chi connectivity index (χ1n) is 8.64. The van der Waals surface area contributed by atoms with E-state index in [9.17, 15) is 18.0 Å². The van der Waals surface area contributed by atoms with Crippen LogP contribution >= 0.6 is 11.3 Å². The van der Waals surface area contributed by atoms with Crippen LogP contribution < -0.4 is 5.32 Å². The molecule has 4 aromatic rings.